The third-order valence-electron chi connectivity index (χ3n) is 3.18. The molecule has 2 aromatic rings. The van der Waals surface area contributed by atoms with E-state index in [9.17, 15) is 14.0 Å². The number of carbonyl (C=O) groups excluding carboxylic acids is 2. The van der Waals surface area contributed by atoms with Crippen molar-refractivity contribution in [2.45, 2.75) is 24.3 Å². The second kappa shape index (κ2) is 9.44. The van der Waals surface area contributed by atoms with E-state index in [2.05, 4.69) is 5.32 Å². The number of nitrogens with one attached hydrogen (secondary N) is 1. The summed E-state index contributed by atoms with van der Waals surface area (Å²) in [5.41, 5.74) is 0.573. The van der Waals surface area contributed by atoms with E-state index in [1.165, 1.54) is 30.8 Å². The lowest BCUT2D eigenvalue weighted by molar-refractivity contribution is -0.152. The fraction of sp³-hybridized carbons (Fsp3) is 0.222. The minimum atomic E-state index is -0.904. The molecular weight excluding hydrogens is 365 g/mol. The number of esters is 1. The molecule has 2 rings (SSSR count). The van der Waals surface area contributed by atoms with Crippen LogP contribution in [0.2, 0.25) is 5.02 Å². The molecule has 7 heteroatoms. The molecule has 4 nitrogen and oxygen atoms in total. The molecule has 2 aromatic carbocycles. The van der Waals surface area contributed by atoms with Gasteiger partial charge in [0.15, 0.2) is 6.10 Å². The lowest BCUT2D eigenvalue weighted by atomic mass is 10.3. The Morgan fingerprint density at radius 1 is 1.16 bits per heavy atom. The summed E-state index contributed by atoms with van der Waals surface area (Å²) in [7, 11) is 0. The summed E-state index contributed by atoms with van der Waals surface area (Å²) in [5, 5.41) is 3.21. The van der Waals surface area contributed by atoms with E-state index < -0.39 is 18.0 Å². The first-order valence-electron chi connectivity index (χ1n) is 7.58. The van der Waals surface area contributed by atoms with Gasteiger partial charge < -0.3 is 10.1 Å². The maximum atomic E-state index is 12.8. The zero-order chi connectivity index (χ0) is 18.2. The van der Waals surface area contributed by atoms with Gasteiger partial charge in [0.2, 0.25) is 0 Å². The maximum Gasteiger partial charge on any atom is 0.307 e. The Morgan fingerprint density at radius 2 is 1.80 bits per heavy atom. The first kappa shape index (κ1) is 19.3. The van der Waals surface area contributed by atoms with E-state index in [0.29, 0.717) is 16.5 Å². The summed E-state index contributed by atoms with van der Waals surface area (Å²) in [5.74, 6) is -0.699. The topological polar surface area (TPSA) is 55.4 Å². The van der Waals surface area contributed by atoms with Gasteiger partial charge in [-0.25, -0.2) is 4.39 Å². The molecule has 0 spiro atoms. The quantitative estimate of drug-likeness (QED) is 0.565. The van der Waals surface area contributed by atoms with Crippen LogP contribution in [0, 0.1) is 5.82 Å². The number of halogens is 2. The molecule has 0 aromatic heterocycles. The molecule has 0 radical (unpaired) electrons. The average molecular weight is 382 g/mol. The highest BCUT2D eigenvalue weighted by Crippen LogP contribution is 2.19. The molecule has 0 unspecified atom stereocenters. The summed E-state index contributed by atoms with van der Waals surface area (Å²) in [6.45, 7) is 1.51. The first-order chi connectivity index (χ1) is 11.9. The molecule has 132 valence electrons. The molecule has 1 N–H and O–H groups in total. The van der Waals surface area contributed by atoms with Crippen molar-refractivity contribution < 1.29 is 18.7 Å². The minimum absolute atomic E-state index is 0.153. The number of hydrogen-bond donors (Lipinski definition) is 1. The van der Waals surface area contributed by atoms with Crippen LogP contribution < -0.4 is 5.32 Å². The molecule has 0 fully saturated rings. The van der Waals surface area contributed by atoms with Crippen molar-refractivity contribution in [2.75, 3.05) is 11.1 Å². The lowest BCUT2D eigenvalue weighted by Gasteiger charge is -2.13. The van der Waals surface area contributed by atoms with Gasteiger partial charge in [0, 0.05) is 21.4 Å². The average Bonchev–Trinajstić information content (AvgIpc) is 2.58. The van der Waals surface area contributed by atoms with Crippen LogP contribution in [0.25, 0.3) is 0 Å². The Morgan fingerprint density at radius 3 is 2.44 bits per heavy atom. The third kappa shape index (κ3) is 6.76. The molecule has 0 aliphatic heterocycles. The number of thioether (sulfide) groups is 1. The Bertz CT molecular complexity index is 722. The number of anilines is 1. The fourth-order valence-electron chi connectivity index (χ4n) is 1.87. The lowest BCUT2D eigenvalue weighted by Crippen LogP contribution is -2.30. The summed E-state index contributed by atoms with van der Waals surface area (Å²) < 4.78 is 17.9. The maximum absolute atomic E-state index is 12.8. The van der Waals surface area contributed by atoms with Crippen LogP contribution in [0.5, 0.6) is 0 Å². The van der Waals surface area contributed by atoms with Crippen LogP contribution in [0.15, 0.2) is 53.4 Å². The number of rotatable bonds is 7. The summed E-state index contributed by atoms with van der Waals surface area (Å²) in [4.78, 5) is 24.7. The van der Waals surface area contributed by atoms with Crippen LogP contribution in [-0.2, 0) is 14.3 Å². The van der Waals surface area contributed by atoms with E-state index in [1.54, 1.807) is 36.4 Å². The summed E-state index contributed by atoms with van der Waals surface area (Å²) in [6.07, 6.45) is -0.750. The summed E-state index contributed by atoms with van der Waals surface area (Å²) >= 11 is 7.19. The Balaban J connectivity index is 1.72. The molecule has 0 saturated carbocycles. The van der Waals surface area contributed by atoms with Crippen molar-refractivity contribution in [3.05, 3.63) is 59.4 Å². The van der Waals surface area contributed by atoms with Gasteiger partial charge in [-0.2, -0.15) is 0 Å². The standard InChI is InChI=1S/C18H17ClFNO3S/c1-12(18(23)21-15-6-2-13(19)3-7-15)24-17(22)10-11-25-16-8-4-14(20)5-9-16/h2-9,12H,10-11H2,1H3,(H,21,23)/t12-/m0/s1. The Labute approximate surface area is 154 Å². The number of carbonyl (C=O) groups is 2. The van der Waals surface area contributed by atoms with E-state index in [-0.39, 0.29) is 12.2 Å². The van der Waals surface area contributed by atoms with Crippen molar-refractivity contribution in [1.29, 1.82) is 0 Å². The smallest absolute Gasteiger partial charge is 0.307 e. The third-order valence-corrected chi connectivity index (χ3v) is 4.44. The zero-order valence-corrected chi connectivity index (χ0v) is 15.1. The van der Waals surface area contributed by atoms with Crippen LogP contribution in [-0.4, -0.2) is 23.7 Å². The number of benzene rings is 2. The molecule has 0 aliphatic carbocycles. The van der Waals surface area contributed by atoms with Gasteiger partial charge >= 0.3 is 5.97 Å². The van der Waals surface area contributed by atoms with Crippen molar-refractivity contribution in [1.82, 2.24) is 0 Å². The van der Waals surface area contributed by atoms with Gasteiger partial charge in [-0.3, -0.25) is 9.59 Å². The number of ether oxygens (including phenoxy) is 1. The predicted octanol–water partition coefficient (Wildman–Crippen LogP) is 4.53. The predicted molar refractivity (Wildman–Crippen MR) is 97.4 cm³/mol. The van der Waals surface area contributed by atoms with Crippen LogP contribution >= 0.6 is 23.4 Å². The summed E-state index contributed by atoms with van der Waals surface area (Å²) in [6, 6.07) is 12.7. The minimum Gasteiger partial charge on any atom is -0.453 e. The number of amides is 1. The van der Waals surface area contributed by atoms with Gasteiger partial charge in [0.1, 0.15) is 5.82 Å². The van der Waals surface area contributed by atoms with Crippen LogP contribution in [0.3, 0.4) is 0 Å². The molecule has 0 saturated heterocycles. The van der Waals surface area contributed by atoms with Gasteiger partial charge in [0.25, 0.3) is 5.91 Å². The molecule has 0 aliphatic rings. The van der Waals surface area contributed by atoms with Gasteiger partial charge in [-0.05, 0) is 55.5 Å². The monoisotopic (exact) mass is 381 g/mol. The Hall–Kier alpha value is -2.05. The Kier molecular flexibility index (Phi) is 7.28. The molecule has 25 heavy (non-hydrogen) atoms. The van der Waals surface area contributed by atoms with Crippen molar-refractivity contribution in [2.24, 2.45) is 0 Å². The molecule has 1 atom stereocenters. The van der Waals surface area contributed by atoms with Gasteiger partial charge in [-0.1, -0.05) is 11.6 Å². The van der Waals surface area contributed by atoms with E-state index >= 15 is 0 Å². The van der Waals surface area contributed by atoms with E-state index in [0.717, 1.165) is 4.90 Å². The van der Waals surface area contributed by atoms with Crippen molar-refractivity contribution in [3.8, 4) is 0 Å². The fourth-order valence-corrected chi connectivity index (χ4v) is 2.83. The second-order valence-corrected chi connectivity index (χ2v) is 6.79. The second-order valence-electron chi connectivity index (χ2n) is 5.18. The zero-order valence-electron chi connectivity index (χ0n) is 13.5. The van der Waals surface area contributed by atoms with E-state index in [4.69, 9.17) is 16.3 Å². The normalized spacial score (nSPS) is 11.6. The molecular formula is C18H17ClFNO3S. The van der Waals surface area contributed by atoms with E-state index in [1.807, 2.05) is 0 Å². The molecule has 1 amide bonds. The molecule has 0 bridgehead atoms. The van der Waals surface area contributed by atoms with Gasteiger partial charge in [-0.15, -0.1) is 11.8 Å². The van der Waals surface area contributed by atoms with Gasteiger partial charge in [0.05, 0.1) is 6.42 Å². The van der Waals surface area contributed by atoms with Crippen molar-refractivity contribution in [3.63, 3.8) is 0 Å². The highest BCUT2D eigenvalue weighted by molar-refractivity contribution is 7.99. The van der Waals surface area contributed by atoms with Crippen LogP contribution in [0.4, 0.5) is 10.1 Å². The highest BCUT2D eigenvalue weighted by Gasteiger charge is 2.17. The number of hydrogen-bond acceptors (Lipinski definition) is 4. The van der Waals surface area contributed by atoms with Crippen molar-refractivity contribution >= 4 is 40.9 Å². The SMILES string of the molecule is C[C@H](OC(=O)CCSc1ccc(F)cc1)C(=O)Nc1ccc(Cl)cc1. The first-order valence-corrected chi connectivity index (χ1v) is 8.94. The highest BCUT2D eigenvalue weighted by atomic mass is 35.5. The molecule has 0 heterocycles. The van der Waals surface area contributed by atoms with Crippen LogP contribution in [0.1, 0.15) is 13.3 Å². The largest absolute Gasteiger partial charge is 0.453 e.